The maximum atomic E-state index is 12.7. The molecule has 1 amide bonds. The van der Waals surface area contributed by atoms with Crippen LogP contribution < -0.4 is 10.0 Å². The summed E-state index contributed by atoms with van der Waals surface area (Å²) in [4.78, 5) is 21.2. The molecule has 2 aromatic heterocycles. The van der Waals surface area contributed by atoms with Crippen molar-refractivity contribution >= 4 is 32.4 Å². The van der Waals surface area contributed by atoms with Crippen molar-refractivity contribution in [1.29, 1.82) is 0 Å². The van der Waals surface area contributed by atoms with Crippen molar-refractivity contribution < 1.29 is 13.2 Å². The van der Waals surface area contributed by atoms with Gasteiger partial charge in [0.15, 0.2) is 5.13 Å². The van der Waals surface area contributed by atoms with Crippen LogP contribution in [0.1, 0.15) is 32.1 Å². The fourth-order valence-electron chi connectivity index (χ4n) is 2.69. The maximum Gasteiger partial charge on any atom is 0.263 e. The molecule has 3 aromatic rings. The van der Waals surface area contributed by atoms with Crippen LogP contribution in [0.15, 0.2) is 47.6 Å². The zero-order chi connectivity index (χ0) is 20.3. The average molecular weight is 417 g/mol. The summed E-state index contributed by atoms with van der Waals surface area (Å²) < 4.78 is 27.8. The van der Waals surface area contributed by atoms with E-state index >= 15 is 0 Å². The Morgan fingerprint density at radius 3 is 2.64 bits per heavy atom. The van der Waals surface area contributed by atoms with Crippen LogP contribution in [0.2, 0.25) is 0 Å². The Hall–Kier alpha value is -2.78. The molecule has 0 spiro atoms. The number of amides is 1. The lowest BCUT2D eigenvalue weighted by atomic mass is 10.2. The van der Waals surface area contributed by atoms with E-state index in [4.69, 9.17) is 0 Å². The minimum absolute atomic E-state index is 0.156. The summed E-state index contributed by atoms with van der Waals surface area (Å²) in [6, 6.07) is 8.76. The third-order valence-corrected chi connectivity index (χ3v) is 6.72. The van der Waals surface area contributed by atoms with Crippen molar-refractivity contribution in [3.8, 4) is 0 Å². The van der Waals surface area contributed by atoms with E-state index in [2.05, 4.69) is 20.0 Å². The predicted molar refractivity (Wildman–Crippen MR) is 109 cm³/mol. The van der Waals surface area contributed by atoms with Crippen LogP contribution in [-0.2, 0) is 16.6 Å². The van der Waals surface area contributed by atoms with Gasteiger partial charge in [-0.25, -0.2) is 13.4 Å². The summed E-state index contributed by atoms with van der Waals surface area (Å²) in [6.45, 7) is 5.64. The van der Waals surface area contributed by atoms with Gasteiger partial charge in [0, 0.05) is 18.9 Å². The molecule has 0 unspecified atom stereocenters. The first-order valence-electron chi connectivity index (χ1n) is 8.51. The molecular formula is C19H20N4O3S2. The van der Waals surface area contributed by atoms with E-state index in [1.165, 1.54) is 0 Å². The van der Waals surface area contributed by atoms with Gasteiger partial charge < -0.3 is 5.32 Å². The lowest BCUT2D eigenvalue weighted by Gasteiger charge is -2.08. The van der Waals surface area contributed by atoms with E-state index < -0.39 is 10.0 Å². The van der Waals surface area contributed by atoms with E-state index in [0.29, 0.717) is 22.7 Å². The number of benzene rings is 1. The summed E-state index contributed by atoms with van der Waals surface area (Å²) >= 11 is 1.00. The Morgan fingerprint density at radius 1 is 1.18 bits per heavy atom. The molecule has 28 heavy (non-hydrogen) atoms. The fourth-order valence-corrected chi connectivity index (χ4v) is 5.03. The minimum Gasteiger partial charge on any atom is -0.347 e. The molecule has 0 atom stereocenters. The number of rotatable bonds is 6. The molecule has 0 bridgehead atoms. The third kappa shape index (κ3) is 4.55. The Balaban J connectivity index is 1.75. The van der Waals surface area contributed by atoms with Gasteiger partial charge in [0.1, 0.15) is 4.88 Å². The summed E-state index contributed by atoms with van der Waals surface area (Å²) in [5, 5.41) is 2.95. The van der Waals surface area contributed by atoms with Gasteiger partial charge in [-0.3, -0.25) is 14.5 Å². The number of thiazole rings is 1. The number of aromatic nitrogens is 2. The van der Waals surface area contributed by atoms with Crippen LogP contribution in [0, 0.1) is 20.8 Å². The number of nitrogens with zero attached hydrogens (tertiary/aromatic N) is 2. The predicted octanol–water partition coefficient (Wildman–Crippen LogP) is 3.19. The van der Waals surface area contributed by atoms with E-state index in [0.717, 1.165) is 22.5 Å². The second-order valence-electron chi connectivity index (χ2n) is 6.35. The highest BCUT2D eigenvalue weighted by Gasteiger charge is 2.21. The number of anilines is 1. The molecule has 2 N–H and O–H groups in total. The lowest BCUT2D eigenvalue weighted by Crippen LogP contribution is -2.22. The standard InChI is InChI=1S/C19H20N4O3S2/c1-12-6-7-16(13(2)9-12)28(25,26)23-19-22-14(3)17(27-19)18(24)21-11-15-5-4-8-20-10-15/h4-10H,11H2,1-3H3,(H,21,24)(H,22,23). The monoisotopic (exact) mass is 416 g/mol. The highest BCUT2D eigenvalue weighted by molar-refractivity contribution is 7.93. The van der Waals surface area contributed by atoms with Crippen LogP contribution in [-0.4, -0.2) is 24.3 Å². The molecular weight excluding hydrogens is 396 g/mol. The fraction of sp³-hybridized carbons (Fsp3) is 0.211. The Kier molecular flexibility index (Phi) is 5.76. The highest BCUT2D eigenvalue weighted by Crippen LogP contribution is 2.26. The molecule has 0 radical (unpaired) electrons. The van der Waals surface area contributed by atoms with Gasteiger partial charge >= 0.3 is 0 Å². The van der Waals surface area contributed by atoms with Crippen molar-refractivity contribution in [3.05, 3.63) is 70.0 Å². The molecule has 0 fully saturated rings. The molecule has 0 aliphatic rings. The van der Waals surface area contributed by atoms with E-state index in [1.54, 1.807) is 50.5 Å². The number of carbonyl (C=O) groups excluding carboxylic acids is 1. The van der Waals surface area contributed by atoms with Crippen molar-refractivity contribution in [3.63, 3.8) is 0 Å². The number of sulfonamides is 1. The molecule has 0 saturated carbocycles. The summed E-state index contributed by atoms with van der Waals surface area (Å²) in [5.41, 5.74) is 2.96. The van der Waals surface area contributed by atoms with E-state index in [9.17, 15) is 13.2 Å². The third-order valence-electron chi connectivity index (χ3n) is 4.02. The lowest BCUT2D eigenvalue weighted by molar-refractivity contribution is 0.0954. The number of nitrogens with one attached hydrogen (secondary N) is 2. The molecule has 1 aromatic carbocycles. The van der Waals surface area contributed by atoms with Crippen LogP contribution >= 0.6 is 11.3 Å². The SMILES string of the molecule is Cc1ccc(S(=O)(=O)Nc2nc(C)c(C(=O)NCc3cccnc3)s2)c(C)c1. The van der Waals surface area contributed by atoms with E-state index in [-0.39, 0.29) is 15.9 Å². The van der Waals surface area contributed by atoms with Crippen LogP contribution in [0.3, 0.4) is 0 Å². The minimum atomic E-state index is -3.79. The van der Waals surface area contributed by atoms with Gasteiger partial charge in [0.05, 0.1) is 10.6 Å². The number of aryl methyl sites for hydroxylation is 3. The van der Waals surface area contributed by atoms with Crippen LogP contribution in [0.5, 0.6) is 0 Å². The summed E-state index contributed by atoms with van der Waals surface area (Å²) in [5.74, 6) is -0.309. The molecule has 0 aliphatic heterocycles. The zero-order valence-corrected chi connectivity index (χ0v) is 17.3. The smallest absolute Gasteiger partial charge is 0.263 e. The normalized spacial score (nSPS) is 11.2. The first-order valence-corrected chi connectivity index (χ1v) is 10.8. The second kappa shape index (κ2) is 8.07. The first kappa shape index (κ1) is 20.0. The number of pyridine rings is 1. The first-order chi connectivity index (χ1) is 13.3. The van der Waals surface area contributed by atoms with Gasteiger partial charge in [0.2, 0.25) is 0 Å². The molecule has 0 aliphatic carbocycles. The second-order valence-corrected chi connectivity index (χ2v) is 9.00. The van der Waals surface area contributed by atoms with Crippen LogP contribution in [0.25, 0.3) is 0 Å². The van der Waals surface area contributed by atoms with Crippen molar-refractivity contribution in [2.75, 3.05) is 4.72 Å². The highest BCUT2D eigenvalue weighted by atomic mass is 32.2. The quantitative estimate of drug-likeness (QED) is 0.643. The molecule has 3 rings (SSSR count). The van der Waals surface area contributed by atoms with Crippen LogP contribution in [0.4, 0.5) is 5.13 Å². The van der Waals surface area contributed by atoms with Gasteiger partial charge in [-0.15, -0.1) is 0 Å². The molecule has 2 heterocycles. The Morgan fingerprint density at radius 2 is 1.96 bits per heavy atom. The molecule has 9 heteroatoms. The average Bonchev–Trinajstić information content (AvgIpc) is 2.99. The maximum absolute atomic E-state index is 12.7. The largest absolute Gasteiger partial charge is 0.347 e. The number of hydrogen-bond acceptors (Lipinski definition) is 6. The topological polar surface area (TPSA) is 101 Å². The van der Waals surface area contributed by atoms with Gasteiger partial charge in [-0.2, -0.15) is 0 Å². The molecule has 7 nitrogen and oxygen atoms in total. The zero-order valence-electron chi connectivity index (χ0n) is 15.7. The van der Waals surface area contributed by atoms with Gasteiger partial charge in [0.25, 0.3) is 15.9 Å². The van der Waals surface area contributed by atoms with Crippen molar-refractivity contribution in [1.82, 2.24) is 15.3 Å². The van der Waals surface area contributed by atoms with Crippen molar-refractivity contribution in [2.45, 2.75) is 32.2 Å². The Labute approximate surface area is 167 Å². The summed E-state index contributed by atoms with van der Waals surface area (Å²) in [7, 11) is -3.79. The van der Waals surface area contributed by atoms with E-state index in [1.807, 2.05) is 13.0 Å². The number of hydrogen-bond donors (Lipinski definition) is 2. The Bertz CT molecular complexity index is 1110. The summed E-state index contributed by atoms with van der Waals surface area (Å²) in [6.07, 6.45) is 3.33. The van der Waals surface area contributed by atoms with Gasteiger partial charge in [-0.05, 0) is 44.0 Å². The van der Waals surface area contributed by atoms with Gasteiger partial charge in [-0.1, -0.05) is 35.1 Å². The number of carbonyl (C=O) groups is 1. The van der Waals surface area contributed by atoms with Crippen molar-refractivity contribution in [2.24, 2.45) is 0 Å². The molecule has 146 valence electrons. The molecule has 0 saturated heterocycles.